The van der Waals surface area contributed by atoms with Crippen LogP contribution in [-0.2, 0) is 0 Å². The normalized spacial score (nSPS) is 18.0. The molecule has 0 saturated carbocycles. The molecular formula is C13H15ClN2O3S2. The Morgan fingerprint density at radius 1 is 1.38 bits per heavy atom. The predicted octanol–water partition coefficient (Wildman–Crippen LogP) is 3.01. The first-order chi connectivity index (χ1) is 10.1. The Balaban J connectivity index is 1.93. The molecule has 5 nitrogen and oxygen atoms in total. The summed E-state index contributed by atoms with van der Waals surface area (Å²) >= 11 is 9.57. The molecule has 1 aliphatic rings. The minimum absolute atomic E-state index is 0.0968. The highest BCUT2D eigenvalue weighted by Crippen LogP contribution is 2.25. The summed E-state index contributed by atoms with van der Waals surface area (Å²) in [6.07, 6.45) is 0. The molecule has 0 bridgehead atoms. The smallest absolute Gasteiger partial charge is 0.339 e. The molecular weight excluding hydrogens is 332 g/mol. The van der Waals surface area contributed by atoms with E-state index in [2.05, 4.69) is 10.6 Å². The average Bonchev–Trinajstić information content (AvgIpc) is 2.46. The lowest BCUT2D eigenvalue weighted by atomic mass is 10.2. The van der Waals surface area contributed by atoms with Gasteiger partial charge in [0.25, 0.3) is 0 Å². The Morgan fingerprint density at radius 2 is 2.19 bits per heavy atom. The Bertz CT molecular complexity index is 536. The minimum Gasteiger partial charge on any atom is -0.478 e. The zero-order valence-electron chi connectivity index (χ0n) is 11.1. The number of benzene rings is 1. The summed E-state index contributed by atoms with van der Waals surface area (Å²) in [5, 5.41) is 14.9. The molecule has 0 aliphatic carbocycles. The van der Waals surface area contributed by atoms with Gasteiger partial charge in [-0.2, -0.15) is 23.5 Å². The van der Waals surface area contributed by atoms with E-state index in [1.54, 1.807) is 6.07 Å². The number of hydrogen-bond acceptors (Lipinski definition) is 4. The van der Waals surface area contributed by atoms with Gasteiger partial charge in [-0.05, 0) is 12.1 Å². The molecule has 1 aliphatic heterocycles. The largest absolute Gasteiger partial charge is 0.478 e. The van der Waals surface area contributed by atoms with Crippen molar-refractivity contribution in [2.75, 3.05) is 29.1 Å². The highest BCUT2D eigenvalue weighted by molar-refractivity contribution is 8.06. The van der Waals surface area contributed by atoms with Gasteiger partial charge < -0.3 is 15.7 Å². The van der Waals surface area contributed by atoms with Crippen LogP contribution in [0.3, 0.4) is 0 Å². The van der Waals surface area contributed by atoms with Crippen molar-refractivity contribution in [1.82, 2.24) is 5.32 Å². The lowest BCUT2D eigenvalue weighted by Gasteiger charge is -2.21. The third-order valence-corrected chi connectivity index (χ3v) is 6.01. The van der Waals surface area contributed by atoms with Crippen LogP contribution in [0.15, 0.2) is 18.2 Å². The van der Waals surface area contributed by atoms with Crippen molar-refractivity contribution in [3.8, 4) is 0 Å². The maximum Gasteiger partial charge on any atom is 0.339 e. The van der Waals surface area contributed by atoms with E-state index in [4.69, 9.17) is 16.7 Å². The molecule has 2 amide bonds. The highest BCUT2D eigenvalue weighted by Gasteiger charge is 2.18. The molecule has 1 unspecified atom stereocenters. The summed E-state index contributed by atoms with van der Waals surface area (Å²) in [5.74, 6) is 2.09. The number of amides is 2. The molecule has 0 spiro atoms. The number of aromatic carboxylic acids is 1. The molecule has 1 aromatic carbocycles. The third-order valence-electron chi connectivity index (χ3n) is 2.85. The van der Waals surface area contributed by atoms with Crippen LogP contribution in [0.25, 0.3) is 0 Å². The Labute approximate surface area is 136 Å². The summed E-state index contributed by atoms with van der Waals surface area (Å²) < 4.78 is 0. The Morgan fingerprint density at radius 3 is 2.86 bits per heavy atom. The predicted molar refractivity (Wildman–Crippen MR) is 89.0 cm³/mol. The van der Waals surface area contributed by atoms with Crippen LogP contribution in [0.1, 0.15) is 10.4 Å². The molecule has 21 heavy (non-hydrogen) atoms. The van der Waals surface area contributed by atoms with Gasteiger partial charge in [-0.1, -0.05) is 17.7 Å². The number of rotatable bonds is 4. The van der Waals surface area contributed by atoms with E-state index in [0.717, 1.165) is 17.3 Å². The van der Waals surface area contributed by atoms with Crippen LogP contribution in [0.4, 0.5) is 10.5 Å². The molecule has 0 aromatic heterocycles. The van der Waals surface area contributed by atoms with Gasteiger partial charge >= 0.3 is 12.0 Å². The topological polar surface area (TPSA) is 78.4 Å². The van der Waals surface area contributed by atoms with Crippen molar-refractivity contribution in [3.63, 3.8) is 0 Å². The first-order valence-corrected chi connectivity index (χ1v) is 8.92. The van der Waals surface area contributed by atoms with E-state index in [9.17, 15) is 9.59 Å². The molecule has 0 radical (unpaired) electrons. The molecule has 114 valence electrons. The average molecular weight is 347 g/mol. The minimum atomic E-state index is -1.17. The fraction of sp³-hybridized carbons (Fsp3) is 0.385. The van der Waals surface area contributed by atoms with Crippen molar-refractivity contribution in [1.29, 1.82) is 0 Å². The number of nitrogens with one attached hydrogen (secondary N) is 2. The van der Waals surface area contributed by atoms with Crippen LogP contribution < -0.4 is 10.6 Å². The van der Waals surface area contributed by atoms with Crippen LogP contribution in [-0.4, -0.2) is 46.2 Å². The number of urea groups is 1. The van der Waals surface area contributed by atoms with Crippen LogP contribution >= 0.6 is 35.1 Å². The van der Waals surface area contributed by atoms with Gasteiger partial charge in [-0.15, -0.1) is 0 Å². The van der Waals surface area contributed by atoms with Gasteiger partial charge in [0, 0.05) is 29.1 Å². The first-order valence-electron chi connectivity index (χ1n) is 6.34. The summed E-state index contributed by atoms with van der Waals surface area (Å²) in [5.41, 5.74) is 0.0927. The summed E-state index contributed by atoms with van der Waals surface area (Å²) in [6, 6.07) is 4.17. The molecule has 1 saturated heterocycles. The molecule has 1 aromatic rings. The van der Waals surface area contributed by atoms with Crippen molar-refractivity contribution in [2.45, 2.75) is 5.25 Å². The van der Waals surface area contributed by atoms with Crippen molar-refractivity contribution in [3.05, 3.63) is 28.8 Å². The number of carboxylic acid groups (broad SMARTS) is 1. The van der Waals surface area contributed by atoms with Gasteiger partial charge in [0.2, 0.25) is 0 Å². The van der Waals surface area contributed by atoms with Crippen molar-refractivity contribution < 1.29 is 14.7 Å². The summed E-state index contributed by atoms with van der Waals surface area (Å²) in [6.45, 7) is 0.562. The molecule has 1 fully saturated rings. The second-order valence-corrected chi connectivity index (χ2v) is 7.34. The lowest BCUT2D eigenvalue weighted by Crippen LogP contribution is -2.36. The highest BCUT2D eigenvalue weighted by atomic mass is 35.5. The van der Waals surface area contributed by atoms with Gasteiger partial charge in [0.15, 0.2) is 0 Å². The zero-order chi connectivity index (χ0) is 15.2. The number of carbonyl (C=O) groups is 2. The third kappa shape index (κ3) is 4.72. The molecule has 1 heterocycles. The van der Waals surface area contributed by atoms with E-state index in [-0.39, 0.29) is 16.3 Å². The van der Waals surface area contributed by atoms with E-state index in [1.165, 1.54) is 12.1 Å². The standard InChI is InChI=1S/C13H15ClN2O3S2/c14-9-2-1-3-10(11(9)12(17)18)16-13(19)15-6-8-7-20-4-5-21-8/h1-3,8H,4-7H2,(H,17,18)(H2,15,16,19). The molecule has 3 N–H and O–H groups in total. The molecule has 2 rings (SSSR count). The van der Waals surface area contributed by atoms with Gasteiger partial charge in [-0.3, -0.25) is 0 Å². The second-order valence-electron chi connectivity index (χ2n) is 4.37. The van der Waals surface area contributed by atoms with E-state index >= 15 is 0 Å². The first kappa shape index (κ1) is 16.3. The SMILES string of the molecule is O=C(NCC1CSCCS1)Nc1cccc(Cl)c1C(=O)O. The second kappa shape index (κ2) is 7.82. The van der Waals surface area contributed by atoms with Crippen molar-refractivity contribution >= 4 is 52.8 Å². The van der Waals surface area contributed by atoms with E-state index < -0.39 is 12.0 Å². The maximum absolute atomic E-state index is 11.9. The van der Waals surface area contributed by atoms with Crippen LogP contribution in [0, 0.1) is 0 Å². The fourth-order valence-electron chi connectivity index (χ4n) is 1.87. The number of hydrogen-bond donors (Lipinski definition) is 3. The van der Waals surface area contributed by atoms with Crippen molar-refractivity contribution in [2.24, 2.45) is 0 Å². The summed E-state index contributed by atoms with van der Waals surface area (Å²) in [4.78, 5) is 23.0. The van der Waals surface area contributed by atoms with Crippen LogP contribution in [0.2, 0.25) is 5.02 Å². The molecule has 1 atom stereocenters. The van der Waals surface area contributed by atoms with Gasteiger partial charge in [0.1, 0.15) is 5.56 Å². The molecule has 8 heteroatoms. The van der Waals surface area contributed by atoms with Crippen LogP contribution in [0.5, 0.6) is 0 Å². The quantitative estimate of drug-likeness (QED) is 0.781. The Kier molecular flexibility index (Phi) is 6.08. The number of thioether (sulfide) groups is 2. The fourth-order valence-corrected chi connectivity index (χ4v) is 4.74. The zero-order valence-corrected chi connectivity index (χ0v) is 13.5. The monoisotopic (exact) mass is 346 g/mol. The van der Waals surface area contributed by atoms with E-state index in [0.29, 0.717) is 11.8 Å². The van der Waals surface area contributed by atoms with Gasteiger partial charge in [0.05, 0.1) is 10.7 Å². The Hall–Kier alpha value is -1.05. The number of carboxylic acids is 1. The number of carbonyl (C=O) groups excluding carboxylic acids is 1. The van der Waals surface area contributed by atoms with E-state index in [1.807, 2.05) is 23.5 Å². The van der Waals surface area contributed by atoms with Gasteiger partial charge in [-0.25, -0.2) is 9.59 Å². The number of anilines is 1. The maximum atomic E-state index is 11.9. The lowest BCUT2D eigenvalue weighted by molar-refractivity contribution is 0.0698. The number of halogens is 1. The summed E-state index contributed by atoms with van der Waals surface area (Å²) in [7, 11) is 0.